The van der Waals surface area contributed by atoms with Gasteiger partial charge in [-0.1, -0.05) is 13.8 Å². The van der Waals surface area contributed by atoms with Crippen molar-refractivity contribution < 1.29 is 5.11 Å². The molecule has 4 heteroatoms. The minimum Gasteiger partial charge on any atom is -0.394 e. The number of aliphatic hydroxyl groups excluding tert-OH is 1. The van der Waals surface area contributed by atoms with Crippen molar-refractivity contribution in [1.82, 2.24) is 14.9 Å². The molecule has 0 saturated heterocycles. The van der Waals surface area contributed by atoms with Gasteiger partial charge in [-0.15, -0.1) is 0 Å². The minimum atomic E-state index is -0.150. The van der Waals surface area contributed by atoms with Gasteiger partial charge < -0.3 is 15.0 Å². The van der Waals surface area contributed by atoms with E-state index < -0.39 is 0 Å². The number of aromatic nitrogens is 2. The average molecular weight is 293 g/mol. The second kappa shape index (κ2) is 7.41. The molecular formula is C17H31N3O. The van der Waals surface area contributed by atoms with Gasteiger partial charge in [0.25, 0.3) is 0 Å². The van der Waals surface area contributed by atoms with Gasteiger partial charge >= 0.3 is 0 Å². The van der Waals surface area contributed by atoms with Crippen molar-refractivity contribution in [3.05, 3.63) is 17.7 Å². The molecule has 1 heterocycles. The van der Waals surface area contributed by atoms with Crippen LogP contribution in [0.1, 0.15) is 64.3 Å². The Balaban J connectivity index is 1.78. The number of hydrogen-bond donors (Lipinski definition) is 2. The smallest absolute Gasteiger partial charge is 0.0951 e. The molecule has 0 saturated carbocycles. The number of fused-ring (bicyclic) bond motifs is 1. The van der Waals surface area contributed by atoms with E-state index in [1.165, 1.54) is 30.7 Å². The Morgan fingerprint density at radius 2 is 2.10 bits per heavy atom. The highest BCUT2D eigenvalue weighted by Crippen LogP contribution is 2.21. The fourth-order valence-electron chi connectivity index (χ4n) is 3.41. The summed E-state index contributed by atoms with van der Waals surface area (Å²) in [5.41, 5.74) is 2.64. The lowest BCUT2D eigenvalue weighted by Gasteiger charge is -2.31. The molecule has 0 spiro atoms. The van der Waals surface area contributed by atoms with E-state index in [2.05, 4.69) is 35.6 Å². The molecule has 1 aliphatic rings. The largest absolute Gasteiger partial charge is 0.394 e. The van der Waals surface area contributed by atoms with Crippen molar-refractivity contribution in [3.63, 3.8) is 0 Å². The summed E-state index contributed by atoms with van der Waals surface area (Å²) in [6, 6.07) is 0.405. The Bertz CT molecular complexity index is 441. The van der Waals surface area contributed by atoms with Gasteiger partial charge in [0.1, 0.15) is 0 Å². The number of aliphatic hydroxyl groups is 1. The number of imidazole rings is 1. The Kier molecular flexibility index (Phi) is 5.82. The van der Waals surface area contributed by atoms with Gasteiger partial charge in [-0.25, -0.2) is 4.98 Å². The molecule has 0 radical (unpaired) electrons. The van der Waals surface area contributed by atoms with E-state index in [1.807, 2.05) is 6.33 Å². The third-order valence-corrected chi connectivity index (χ3v) is 4.47. The fourth-order valence-corrected chi connectivity index (χ4v) is 3.41. The van der Waals surface area contributed by atoms with Gasteiger partial charge in [-0.3, -0.25) is 0 Å². The van der Waals surface area contributed by atoms with Crippen LogP contribution < -0.4 is 5.32 Å². The van der Waals surface area contributed by atoms with E-state index in [4.69, 9.17) is 0 Å². The molecule has 0 aliphatic heterocycles. The molecule has 1 aromatic rings. The van der Waals surface area contributed by atoms with Crippen LogP contribution >= 0.6 is 0 Å². The van der Waals surface area contributed by atoms with E-state index >= 15 is 0 Å². The van der Waals surface area contributed by atoms with E-state index in [1.54, 1.807) is 0 Å². The van der Waals surface area contributed by atoms with Gasteiger partial charge in [-0.2, -0.15) is 0 Å². The van der Waals surface area contributed by atoms with Crippen LogP contribution in [0.15, 0.2) is 6.33 Å². The maximum absolute atomic E-state index is 9.60. The molecule has 4 nitrogen and oxygen atoms in total. The van der Waals surface area contributed by atoms with Crippen LogP contribution in [-0.4, -0.2) is 32.8 Å². The maximum Gasteiger partial charge on any atom is 0.0951 e. The summed E-state index contributed by atoms with van der Waals surface area (Å²) >= 11 is 0. The quantitative estimate of drug-likeness (QED) is 0.725. The van der Waals surface area contributed by atoms with Crippen LogP contribution in [0.5, 0.6) is 0 Å². The van der Waals surface area contributed by atoms with Gasteiger partial charge in [0.2, 0.25) is 0 Å². The molecule has 21 heavy (non-hydrogen) atoms. The monoisotopic (exact) mass is 293 g/mol. The summed E-state index contributed by atoms with van der Waals surface area (Å²) in [5, 5.41) is 13.1. The number of unbranched alkanes of at least 4 members (excludes halogenated alkanes) is 1. The lowest BCUT2D eigenvalue weighted by molar-refractivity contribution is 0.153. The third kappa shape index (κ3) is 4.55. The normalized spacial score (nSPS) is 17.8. The predicted octanol–water partition coefficient (Wildman–Crippen LogP) is 2.68. The molecule has 2 rings (SSSR count). The Hall–Kier alpha value is -0.870. The van der Waals surface area contributed by atoms with Crippen molar-refractivity contribution in [2.75, 3.05) is 6.61 Å². The lowest BCUT2D eigenvalue weighted by atomic mass is 9.94. The van der Waals surface area contributed by atoms with Gasteiger partial charge in [0.15, 0.2) is 0 Å². The minimum absolute atomic E-state index is 0.150. The number of rotatable bonds is 8. The van der Waals surface area contributed by atoms with Crippen LogP contribution in [0.3, 0.4) is 0 Å². The Morgan fingerprint density at radius 3 is 2.81 bits per heavy atom. The molecule has 0 amide bonds. The first-order valence-corrected chi connectivity index (χ1v) is 8.45. The van der Waals surface area contributed by atoms with Gasteiger partial charge in [0.05, 0.1) is 18.6 Å². The topological polar surface area (TPSA) is 50.1 Å². The predicted molar refractivity (Wildman–Crippen MR) is 86.5 cm³/mol. The molecule has 0 aromatic carbocycles. The first-order chi connectivity index (χ1) is 10.0. The Morgan fingerprint density at radius 1 is 1.33 bits per heavy atom. The molecule has 1 atom stereocenters. The van der Waals surface area contributed by atoms with E-state index in [0.717, 1.165) is 32.2 Å². The molecule has 1 unspecified atom stereocenters. The highest BCUT2D eigenvalue weighted by atomic mass is 16.3. The maximum atomic E-state index is 9.60. The first-order valence-electron chi connectivity index (χ1n) is 8.45. The zero-order valence-corrected chi connectivity index (χ0v) is 13.9. The summed E-state index contributed by atoms with van der Waals surface area (Å²) in [5.74, 6) is 0. The van der Waals surface area contributed by atoms with Crippen LogP contribution in [0.4, 0.5) is 0 Å². The summed E-state index contributed by atoms with van der Waals surface area (Å²) in [4.78, 5) is 4.55. The van der Waals surface area contributed by atoms with Crippen molar-refractivity contribution in [1.29, 1.82) is 0 Å². The zero-order chi connectivity index (χ0) is 15.3. The number of aryl methyl sites for hydroxylation is 2. The molecule has 1 aliphatic carbocycles. The van der Waals surface area contributed by atoms with Gasteiger partial charge in [0, 0.05) is 23.8 Å². The van der Waals surface area contributed by atoms with E-state index in [0.29, 0.717) is 6.04 Å². The number of nitrogens with one attached hydrogen (secondary N) is 1. The van der Waals surface area contributed by atoms with Crippen molar-refractivity contribution in [2.45, 2.75) is 83.8 Å². The molecule has 0 fully saturated rings. The van der Waals surface area contributed by atoms with E-state index in [-0.39, 0.29) is 12.1 Å². The third-order valence-electron chi connectivity index (χ3n) is 4.47. The van der Waals surface area contributed by atoms with Crippen LogP contribution in [0.25, 0.3) is 0 Å². The molecule has 120 valence electrons. The number of hydrogen-bond acceptors (Lipinski definition) is 3. The van der Waals surface area contributed by atoms with E-state index in [9.17, 15) is 5.11 Å². The average Bonchev–Trinajstić information content (AvgIpc) is 2.86. The number of nitrogens with zero attached hydrogens (tertiary/aromatic N) is 2. The van der Waals surface area contributed by atoms with Crippen LogP contribution in [0.2, 0.25) is 0 Å². The molecule has 1 aromatic heterocycles. The highest BCUT2D eigenvalue weighted by molar-refractivity contribution is 5.16. The zero-order valence-electron chi connectivity index (χ0n) is 13.9. The standard InChI is InChI=1S/C17H31N3O/c1-14(2)19-17(3,12-21)10-6-7-11-20-13-18-15-8-4-5-9-16(15)20/h13-14,19,21H,4-12H2,1-3H3. The Labute approximate surface area is 129 Å². The fraction of sp³-hybridized carbons (Fsp3) is 0.824. The molecule has 2 N–H and O–H groups in total. The highest BCUT2D eigenvalue weighted by Gasteiger charge is 2.23. The van der Waals surface area contributed by atoms with Crippen LogP contribution in [-0.2, 0) is 19.4 Å². The second-order valence-electron chi connectivity index (χ2n) is 7.01. The molecular weight excluding hydrogens is 262 g/mol. The lowest BCUT2D eigenvalue weighted by Crippen LogP contribution is -2.49. The summed E-state index contributed by atoms with van der Waals surface area (Å²) in [6.45, 7) is 7.64. The summed E-state index contributed by atoms with van der Waals surface area (Å²) in [6.07, 6.45) is 10.3. The molecule has 0 bridgehead atoms. The first kappa shape index (κ1) is 16.5. The van der Waals surface area contributed by atoms with Crippen molar-refractivity contribution in [2.24, 2.45) is 0 Å². The van der Waals surface area contributed by atoms with Crippen molar-refractivity contribution in [3.8, 4) is 0 Å². The van der Waals surface area contributed by atoms with Crippen molar-refractivity contribution >= 4 is 0 Å². The second-order valence-corrected chi connectivity index (χ2v) is 7.01. The summed E-state index contributed by atoms with van der Waals surface area (Å²) in [7, 11) is 0. The van der Waals surface area contributed by atoms with Gasteiger partial charge in [-0.05, 0) is 51.9 Å². The van der Waals surface area contributed by atoms with Crippen LogP contribution in [0, 0.1) is 0 Å². The SMILES string of the molecule is CC(C)NC(C)(CO)CCCCn1cnc2c1CCCC2. The summed E-state index contributed by atoms with van der Waals surface area (Å²) < 4.78 is 2.35.